The van der Waals surface area contributed by atoms with E-state index in [1.165, 1.54) is 0 Å². The van der Waals surface area contributed by atoms with Crippen LogP contribution in [0.2, 0.25) is 0 Å². The van der Waals surface area contributed by atoms with Crippen molar-refractivity contribution in [3.63, 3.8) is 0 Å². The Morgan fingerprint density at radius 1 is 1.22 bits per heavy atom. The quantitative estimate of drug-likeness (QED) is 0.495. The van der Waals surface area contributed by atoms with Crippen molar-refractivity contribution in [3.05, 3.63) is 35.4 Å². The van der Waals surface area contributed by atoms with Gasteiger partial charge in [0, 0.05) is 32.8 Å². The molecule has 0 aromatic heterocycles. The molecule has 1 aromatic carbocycles. The van der Waals surface area contributed by atoms with Gasteiger partial charge in [0.1, 0.15) is 5.60 Å². The minimum Gasteiger partial charge on any atom is -0.444 e. The third-order valence-corrected chi connectivity index (χ3v) is 5.28. The summed E-state index contributed by atoms with van der Waals surface area (Å²) in [7, 11) is 0. The Morgan fingerprint density at radius 3 is 2.62 bits per heavy atom. The van der Waals surface area contributed by atoms with E-state index in [0.29, 0.717) is 26.2 Å². The number of rotatable bonds is 7. The average Bonchev–Trinajstić information content (AvgIpc) is 2.72. The molecule has 8 nitrogen and oxygen atoms in total. The first-order valence-corrected chi connectivity index (χ1v) is 11.6. The van der Waals surface area contributed by atoms with Gasteiger partial charge in [-0.25, -0.2) is 9.79 Å². The normalized spacial score (nSPS) is 18.2. The number of carbonyl (C=O) groups excluding carboxylic acids is 1. The van der Waals surface area contributed by atoms with Gasteiger partial charge in [-0.05, 0) is 51.7 Å². The highest BCUT2D eigenvalue weighted by molar-refractivity contribution is 5.80. The number of benzene rings is 1. The first-order valence-electron chi connectivity index (χ1n) is 11.6. The Balaban J connectivity index is 1.47. The lowest BCUT2D eigenvalue weighted by Crippen LogP contribution is -2.63. The number of guanidine groups is 1. The number of aliphatic imine (C=N–C) groups is 1. The molecule has 0 saturated carbocycles. The Kier molecular flexibility index (Phi) is 8.75. The van der Waals surface area contributed by atoms with Crippen LogP contribution >= 0.6 is 0 Å². The highest BCUT2D eigenvalue weighted by atomic mass is 16.6. The van der Waals surface area contributed by atoms with Crippen molar-refractivity contribution in [2.45, 2.75) is 71.4 Å². The summed E-state index contributed by atoms with van der Waals surface area (Å²) in [4.78, 5) is 18.5. The van der Waals surface area contributed by atoms with Gasteiger partial charge < -0.3 is 29.7 Å². The largest absolute Gasteiger partial charge is 0.444 e. The zero-order chi connectivity index (χ0) is 23.0. The minimum absolute atomic E-state index is 0.166. The molecule has 0 radical (unpaired) electrons. The smallest absolute Gasteiger partial charge is 0.410 e. The van der Waals surface area contributed by atoms with Crippen LogP contribution in [0.4, 0.5) is 4.79 Å². The number of amides is 1. The molecule has 0 unspecified atom stereocenters. The number of ether oxygens (including phenoxy) is 3. The van der Waals surface area contributed by atoms with Crippen LogP contribution in [-0.2, 0) is 27.4 Å². The summed E-state index contributed by atoms with van der Waals surface area (Å²) in [5.41, 5.74) is 1.82. The van der Waals surface area contributed by atoms with Crippen molar-refractivity contribution in [2.24, 2.45) is 4.99 Å². The van der Waals surface area contributed by atoms with Crippen molar-refractivity contribution in [1.82, 2.24) is 15.5 Å². The fraction of sp³-hybridized carbons (Fsp3) is 0.667. The summed E-state index contributed by atoms with van der Waals surface area (Å²) in [5, 5.41) is 6.69. The fourth-order valence-electron chi connectivity index (χ4n) is 3.60. The lowest BCUT2D eigenvalue weighted by atomic mass is 10.1. The van der Waals surface area contributed by atoms with Crippen molar-refractivity contribution >= 4 is 12.1 Å². The highest BCUT2D eigenvalue weighted by Crippen LogP contribution is 2.16. The average molecular weight is 447 g/mol. The van der Waals surface area contributed by atoms with Crippen LogP contribution in [-0.4, -0.2) is 67.5 Å². The first kappa shape index (κ1) is 24.3. The first-order chi connectivity index (χ1) is 15.3. The molecule has 3 rings (SSSR count). The Labute approximate surface area is 191 Å². The van der Waals surface area contributed by atoms with Crippen LogP contribution in [0.1, 0.15) is 51.7 Å². The molecule has 0 aliphatic carbocycles. The number of carbonyl (C=O) groups is 1. The van der Waals surface area contributed by atoms with Crippen LogP contribution in [0.25, 0.3) is 0 Å². The third kappa shape index (κ3) is 7.98. The number of nitrogens with zero attached hydrogens (tertiary/aromatic N) is 2. The van der Waals surface area contributed by atoms with Gasteiger partial charge in [0.15, 0.2) is 5.96 Å². The molecule has 0 atom stereocenters. The predicted molar refractivity (Wildman–Crippen MR) is 125 cm³/mol. The maximum Gasteiger partial charge on any atom is 0.410 e. The zero-order valence-electron chi connectivity index (χ0n) is 19.9. The predicted octanol–water partition coefficient (Wildman–Crippen LogP) is 3.06. The van der Waals surface area contributed by atoms with Gasteiger partial charge in [0.05, 0.1) is 25.3 Å². The van der Waals surface area contributed by atoms with Gasteiger partial charge in [-0.2, -0.15) is 0 Å². The van der Waals surface area contributed by atoms with Gasteiger partial charge >= 0.3 is 6.09 Å². The van der Waals surface area contributed by atoms with Crippen molar-refractivity contribution < 1.29 is 19.0 Å². The summed E-state index contributed by atoms with van der Waals surface area (Å²) in [6.07, 6.45) is 1.96. The summed E-state index contributed by atoms with van der Waals surface area (Å²) in [6, 6.07) is 8.55. The molecule has 1 aromatic rings. The monoisotopic (exact) mass is 446 g/mol. The molecule has 2 aliphatic heterocycles. The van der Waals surface area contributed by atoms with E-state index < -0.39 is 5.60 Å². The van der Waals surface area contributed by atoms with Gasteiger partial charge in [-0.1, -0.05) is 24.3 Å². The van der Waals surface area contributed by atoms with E-state index in [0.717, 1.165) is 49.7 Å². The lowest BCUT2D eigenvalue weighted by molar-refractivity contribution is -0.0390. The second-order valence-corrected chi connectivity index (χ2v) is 9.36. The number of likely N-dealkylation sites (tertiary alicyclic amines) is 1. The second-order valence-electron chi connectivity index (χ2n) is 9.36. The maximum atomic E-state index is 12.1. The van der Waals surface area contributed by atoms with Crippen LogP contribution in [0, 0.1) is 0 Å². The molecule has 178 valence electrons. The highest BCUT2D eigenvalue weighted by Gasteiger charge is 2.34. The molecule has 2 aliphatic rings. The van der Waals surface area contributed by atoms with Crippen molar-refractivity contribution in [2.75, 3.05) is 32.8 Å². The Bertz CT molecular complexity index is 766. The SMILES string of the molecule is CCNC(=NCc1cccc(COC2CCOCC2)c1)NC1CN(C(=O)OC(C)(C)C)C1. The summed E-state index contributed by atoms with van der Waals surface area (Å²) >= 11 is 0. The lowest BCUT2D eigenvalue weighted by Gasteiger charge is -2.40. The van der Waals surface area contributed by atoms with Gasteiger partial charge in [0.25, 0.3) is 0 Å². The Morgan fingerprint density at radius 2 is 1.94 bits per heavy atom. The molecule has 2 fully saturated rings. The summed E-state index contributed by atoms with van der Waals surface area (Å²) in [6.45, 7) is 12.4. The summed E-state index contributed by atoms with van der Waals surface area (Å²) in [5.74, 6) is 0.755. The molecule has 2 heterocycles. The van der Waals surface area contributed by atoms with Crippen molar-refractivity contribution in [3.8, 4) is 0 Å². The zero-order valence-corrected chi connectivity index (χ0v) is 19.9. The number of nitrogens with one attached hydrogen (secondary N) is 2. The van der Waals surface area contributed by atoms with E-state index in [2.05, 4.69) is 34.9 Å². The molecule has 0 spiro atoms. The van der Waals surface area contributed by atoms with Gasteiger partial charge in [0.2, 0.25) is 0 Å². The maximum absolute atomic E-state index is 12.1. The second kappa shape index (κ2) is 11.5. The van der Waals surface area contributed by atoms with E-state index in [4.69, 9.17) is 19.2 Å². The molecule has 2 saturated heterocycles. The van der Waals surface area contributed by atoms with E-state index in [1.54, 1.807) is 4.90 Å². The molecule has 0 bridgehead atoms. The van der Waals surface area contributed by atoms with Crippen molar-refractivity contribution in [1.29, 1.82) is 0 Å². The van der Waals surface area contributed by atoms with Crippen LogP contribution in [0.15, 0.2) is 29.3 Å². The third-order valence-electron chi connectivity index (χ3n) is 5.28. The van der Waals surface area contributed by atoms with Crippen LogP contribution < -0.4 is 10.6 Å². The molecule has 8 heteroatoms. The minimum atomic E-state index is -0.476. The van der Waals surface area contributed by atoms with Gasteiger partial charge in [-0.15, -0.1) is 0 Å². The molecule has 32 heavy (non-hydrogen) atoms. The van der Waals surface area contributed by atoms with E-state index in [9.17, 15) is 4.79 Å². The topological polar surface area (TPSA) is 84.4 Å². The number of hydrogen-bond donors (Lipinski definition) is 2. The summed E-state index contributed by atoms with van der Waals surface area (Å²) < 4.78 is 16.8. The van der Waals surface area contributed by atoms with E-state index in [1.807, 2.05) is 27.7 Å². The number of hydrogen-bond acceptors (Lipinski definition) is 5. The van der Waals surface area contributed by atoms with Gasteiger partial charge in [-0.3, -0.25) is 0 Å². The fourth-order valence-corrected chi connectivity index (χ4v) is 3.60. The Hall–Kier alpha value is -2.32. The van der Waals surface area contributed by atoms with E-state index in [-0.39, 0.29) is 18.2 Å². The molecular formula is C24H38N4O4. The molecule has 2 N–H and O–H groups in total. The van der Waals surface area contributed by atoms with Crippen LogP contribution in [0.5, 0.6) is 0 Å². The van der Waals surface area contributed by atoms with E-state index >= 15 is 0 Å². The standard InChI is InChI=1S/C24H38N4O4/c1-5-25-22(27-20-15-28(16-20)23(29)32-24(2,3)4)26-14-18-7-6-8-19(13-18)17-31-21-9-11-30-12-10-21/h6-8,13,20-21H,5,9-12,14-17H2,1-4H3,(H2,25,26,27). The van der Waals surface area contributed by atoms with Crippen LogP contribution in [0.3, 0.4) is 0 Å². The molecule has 1 amide bonds. The molecular weight excluding hydrogens is 408 g/mol.